The number of aryl methyl sites for hydroxylation is 1. The maximum absolute atomic E-state index is 13.0. The number of carbonyl (C=O) groups excluding carboxylic acids is 1. The van der Waals surface area contributed by atoms with Crippen molar-refractivity contribution < 1.29 is 4.79 Å². The lowest BCUT2D eigenvalue weighted by molar-refractivity contribution is -0.119. The lowest BCUT2D eigenvalue weighted by Gasteiger charge is -2.22. The van der Waals surface area contributed by atoms with E-state index in [-0.39, 0.29) is 5.91 Å². The topological polar surface area (TPSA) is 64.2 Å². The van der Waals surface area contributed by atoms with Crippen LogP contribution in [-0.2, 0) is 24.7 Å². The summed E-state index contributed by atoms with van der Waals surface area (Å²) in [6.45, 7) is 0.673. The summed E-state index contributed by atoms with van der Waals surface area (Å²) >= 11 is 0. The normalized spacial score (nSPS) is 14.3. The van der Waals surface area contributed by atoms with E-state index in [2.05, 4.69) is 23.2 Å². The minimum Gasteiger partial charge on any atom is -0.338 e. The van der Waals surface area contributed by atoms with E-state index in [0.29, 0.717) is 13.0 Å². The van der Waals surface area contributed by atoms with Crippen LogP contribution >= 0.6 is 0 Å². The van der Waals surface area contributed by atoms with E-state index in [9.17, 15) is 4.79 Å². The van der Waals surface area contributed by atoms with Crippen LogP contribution in [0.25, 0.3) is 11.1 Å². The molecule has 0 radical (unpaired) electrons. The van der Waals surface area contributed by atoms with Gasteiger partial charge in [0.25, 0.3) is 0 Å². The zero-order valence-electron chi connectivity index (χ0n) is 14.8. The molecule has 0 aliphatic carbocycles. The van der Waals surface area contributed by atoms with Gasteiger partial charge in [-0.3, -0.25) is 4.79 Å². The Balaban J connectivity index is 1.60. The van der Waals surface area contributed by atoms with Crippen molar-refractivity contribution in [1.29, 1.82) is 0 Å². The Labute approximate surface area is 153 Å². The molecule has 1 aromatic heterocycles. The van der Waals surface area contributed by atoms with Crippen LogP contribution in [0.2, 0.25) is 0 Å². The molecule has 1 amide bonds. The number of hydrogen-bond donors (Lipinski definition) is 1. The molecule has 26 heavy (non-hydrogen) atoms. The monoisotopic (exact) mass is 346 g/mol. The third kappa shape index (κ3) is 2.91. The van der Waals surface area contributed by atoms with Gasteiger partial charge >= 0.3 is 0 Å². The molecule has 2 aromatic carbocycles. The molecule has 0 fully saturated rings. The van der Waals surface area contributed by atoms with Crippen molar-refractivity contribution in [3.63, 3.8) is 0 Å². The first kappa shape index (κ1) is 16.5. The number of fused-ring (bicyclic) bond motifs is 1. The number of aromatic nitrogens is 2. The van der Waals surface area contributed by atoms with Crippen LogP contribution in [0.3, 0.4) is 0 Å². The van der Waals surface area contributed by atoms with E-state index in [1.54, 1.807) is 6.20 Å². The Bertz CT molecular complexity index is 932. The van der Waals surface area contributed by atoms with Crippen molar-refractivity contribution in [3.05, 3.63) is 72.3 Å². The largest absolute Gasteiger partial charge is 0.338 e. The maximum atomic E-state index is 13.0. The van der Waals surface area contributed by atoms with Gasteiger partial charge in [-0.25, -0.2) is 4.98 Å². The molecular formula is C21H22N4O. The molecule has 132 valence electrons. The van der Waals surface area contributed by atoms with Crippen LogP contribution in [-0.4, -0.2) is 28.0 Å². The highest BCUT2D eigenvalue weighted by Gasteiger charge is 2.30. The second-order valence-corrected chi connectivity index (χ2v) is 6.67. The number of nitrogens with two attached hydrogens (primary N) is 1. The van der Waals surface area contributed by atoms with Crippen LogP contribution in [0, 0.1) is 0 Å². The zero-order chi connectivity index (χ0) is 18.1. The van der Waals surface area contributed by atoms with Gasteiger partial charge in [-0.2, -0.15) is 0 Å². The van der Waals surface area contributed by atoms with Gasteiger partial charge in [-0.1, -0.05) is 42.5 Å². The van der Waals surface area contributed by atoms with E-state index in [4.69, 9.17) is 5.73 Å². The van der Waals surface area contributed by atoms with Crippen molar-refractivity contribution in [1.82, 2.24) is 9.55 Å². The third-order valence-corrected chi connectivity index (χ3v) is 5.02. The van der Waals surface area contributed by atoms with E-state index < -0.39 is 6.04 Å². The lowest BCUT2D eigenvalue weighted by Crippen LogP contribution is -2.44. The predicted molar refractivity (Wildman–Crippen MR) is 103 cm³/mol. The zero-order valence-corrected chi connectivity index (χ0v) is 14.8. The number of rotatable bonds is 4. The first-order chi connectivity index (χ1) is 12.6. The summed E-state index contributed by atoms with van der Waals surface area (Å²) in [6, 6.07) is 15.8. The summed E-state index contributed by atoms with van der Waals surface area (Å²) in [7, 11) is 1.91. The number of nitrogens with zero attached hydrogens (tertiary/aromatic N) is 3. The van der Waals surface area contributed by atoms with Gasteiger partial charge in [0.05, 0.1) is 6.04 Å². The summed E-state index contributed by atoms with van der Waals surface area (Å²) in [6.07, 6.45) is 4.88. The average Bonchev–Trinajstić information content (AvgIpc) is 3.28. The molecule has 1 atom stereocenters. The van der Waals surface area contributed by atoms with Gasteiger partial charge in [0, 0.05) is 38.1 Å². The summed E-state index contributed by atoms with van der Waals surface area (Å²) in [5.41, 5.74) is 10.8. The highest BCUT2D eigenvalue weighted by atomic mass is 16.2. The van der Waals surface area contributed by atoms with Gasteiger partial charge in [0.1, 0.15) is 5.82 Å². The van der Waals surface area contributed by atoms with Crippen molar-refractivity contribution in [2.24, 2.45) is 12.8 Å². The van der Waals surface area contributed by atoms with Crippen molar-refractivity contribution in [2.75, 3.05) is 11.4 Å². The molecule has 1 unspecified atom stereocenters. The molecule has 5 nitrogen and oxygen atoms in total. The molecule has 5 heteroatoms. The third-order valence-electron chi connectivity index (χ3n) is 5.02. The molecule has 0 bridgehead atoms. The number of anilines is 1. The van der Waals surface area contributed by atoms with E-state index in [1.807, 2.05) is 53.0 Å². The smallest absolute Gasteiger partial charge is 0.244 e. The fourth-order valence-electron chi connectivity index (χ4n) is 3.63. The lowest BCUT2D eigenvalue weighted by atomic mass is 9.98. The Morgan fingerprint density at radius 2 is 2.00 bits per heavy atom. The van der Waals surface area contributed by atoms with Gasteiger partial charge in [-0.15, -0.1) is 0 Å². The van der Waals surface area contributed by atoms with Crippen LogP contribution in [0.1, 0.15) is 11.4 Å². The van der Waals surface area contributed by atoms with Gasteiger partial charge in [0.2, 0.25) is 5.91 Å². The molecule has 0 saturated heterocycles. The Hall–Kier alpha value is -2.92. The fraction of sp³-hybridized carbons (Fsp3) is 0.238. The van der Waals surface area contributed by atoms with Crippen LogP contribution < -0.4 is 10.6 Å². The van der Waals surface area contributed by atoms with Crippen molar-refractivity contribution >= 4 is 11.6 Å². The minimum absolute atomic E-state index is 0.0445. The second kappa shape index (κ2) is 6.77. The average molecular weight is 346 g/mol. The molecule has 0 spiro atoms. The molecule has 3 aromatic rings. The second-order valence-electron chi connectivity index (χ2n) is 6.67. The maximum Gasteiger partial charge on any atom is 0.244 e. The summed E-state index contributed by atoms with van der Waals surface area (Å²) in [4.78, 5) is 19.1. The predicted octanol–water partition coefficient (Wildman–Crippen LogP) is 2.55. The molecule has 2 N–H and O–H groups in total. The van der Waals surface area contributed by atoms with Gasteiger partial charge in [0.15, 0.2) is 0 Å². The highest BCUT2D eigenvalue weighted by molar-refractivity contribution is 6.00. The van der Waals surface area contributed by atoms with Gasteiger partial charge < -0.3 is 15.2 Å². The van der Waals surface area contributed by atoms with E-state index in [0.717, 1.165) is 17.9 Å². The number of carbonyl (C=O) groups is 1. The number of benzene rings is 2. The van der Waals surface area contributed by atoms with E-state index >= 15 is 0 Å². The standard InChI is InChI=1S/C21H22N4O/c1-24-13-11-23-20(24)14-18(22)21(26)25-12-10-17-16(8-5-9-19(17)25)15-6-3-2-4-7-15/h2-9,11,13,18H,10,12,14,22H2,1H3. The molecule has 2 heterocycles. The highest BCUT2D eigenvalue weighted by Crippen LogP contribution is 2.36. The SMILES string of the molecule is Cn1ccnc1CC(N)C(=O)N1CCc2c(-c3ccccc3)cccc21. The first-order valence-corrected chi connectivity index (χ1v) is 8.85. The first-order valence-electron chi connectivity index (χ1n) is 8.85. The minimum atomic E-state index is -0.595. The van der Waals surface area contributed by atoms with Crippen molar-refractivity contribution in [2.45, 2.75) is 18.9 Å². The summed E-state index contributed by atoms with van der Waals surface area (Å²) in [5.74, 6) is 0.778. The molecular weight excluding hydrogens is 324 g/mol. The quantitative estimate of drug-likeness (QED) is 0.790. The van der Waals surface area contributed by atoms with Crippen LogP contribution in [0.4, 0.5) is 5.69 Å². The van der Waals surface area contributed by atoms with Crippen molar-refractivity contribution in [3.8, 4) is 11.1 Å². The molecule has 0 saturated carbocycles. The molecule has 1 aliphatic rings. The number of imidazole rings is 1. The summed E-state index contributed by atoms with van der Waals surface area (Å²) in [5, 5.41) is 0. The Morgan fingerprint density at radius 3 is 2.73 bits per heavy atom. The molecule has 1 aliphatic heterocycles. The molecule has 4 rings (SSSR count). The summed E-state index contributed by atoms with van der Waals surface area (Å²) < 4.78 is 1.90. The van der Waals surface area contributed by atoms with Crippen LogP contribution in [0.15, 0.2) is 60.9 Å². The van der Waals surface area contributed by atoms with E-state index in [1.165, 1.54) is 16.7 Å². The number of amides is 1. The Kier molecular flexibility index (Phi) is 4.31. The number of hydrogen-bond acceptors (Lipinski definition) is 3. The Morgan fingerprint density at radius 1 is 1.19 bits per heavy atom. The van der Waals surface area contributed by atoms with Gasteiger partial charge in [-0.05, 0) is 29.2 Å². The van der Waals surface area contributed by atoms with Crippen LogP contribution in [0.5, 0.6) is 0 Å². The fourth-order valence-corrected chi connectivity index (χ4v) is 3.63.